The number of nitrogens with one attached hydrogen (secondary N) is 2. The number of aliphatic imine (C=N–C) groups is 1. The van der Waals surface area contributed by atoms with E-state index in [0.29, 0.717) is 0 Å². The first-order valence-electron chi connectivity index (χ1n) is 5.41. The third-order valence-electron chi connectivity index (χ3n) is 2.24. The van der Waals surface area contributed by atoms with E-state index < -0.39 is 0 Å². The fourth-order valence-electron chi connectivity index (χ4n) is 1.45. The molecule has 1 rings (SSSR count). The second-order valence-corrected chi connectivity index (χ2v) is 3.46. The molecule has 1 aliphatic heterocycles. The maximum atomic E-state index is 4.34. The van der Waals surface area contributed by atoms with Crippen LogP contribution in [0, 0.1) is 0 Å². The Morgan fingerprint density at radius 3 is 3.00 bits per heavy atom. The van der Waals surface area contributed by atoms with Crippen LogP contribution in [0.3, 0.4) is 0 Å². The van der Waals surface area contributed by atoms with Crippen LogP contribution in [0.15, 0.2) is 4.99 Å². The fraction of sp³-hybridized carbons (Fsp3) is 0.900. The van der Waals surface area contributed by atoms with Gasteiger partial charge in [-0.05, 0) is 13.0 Å². The highest BCUT2D eigenvalue weighted by Crippen LogP contribution is 1.92. The van der Waals surface area contributed by atoms with Gasteiger partial charge in [-0.15, -0.1) is 0 Å². The van der Waals surface area contributed by atoms with E-state index in [9.17, 15) is 0 Å². The van der Waals surface area contributed by atoms with Gasteiger partial charge in [-0.25, -0.2) is 0 Å². The minimum absolute atomic E-state index is 0.963. The average molecular weight is 183 g/mol. The van der Waals surface area contributed by atoms with E-state index in [4.69, 9.17) is 0 Å². The molecule has 0 aliphatic carbocycles. The summed E-state index contributed by atoms with van der Waals surface area (Å²) in [5.74, 6) is 1.18. The van der Waals surface area contributed by atoms with Gasteiger partial charge in [0.15, 0.2) is 0 Å². The largest absolute Gasteiger partial charge is 0.372 e. The van der Waals surface area contributed by atoms with Crippen LogP contribution in [-0.4, -0.2) is 32.0 Å². The summed E-state index contributed by atoms with van der Waals surface area (Å²) in [4.78, 5) is 4.34. The fourth-order valence-corrected chi connectivity index (χ4v) is 1.45. The third-order valence-corrected chi connectivity index (χ3v) is 2.24. The average Bonchev–Trinajstić information content (AvgIpc) is 2.63. The summed E-state index contributed by atoms with van der Waals surface area (Å²) in [5.41, 5.74) is 0. The van der Waals surface area contributed by atoms with Gasteiger partial charge in [-0.2, -0.15) is 0 Å². The monoisotopic (exact) mass is 183 g/mol. The van der Waals surface area contributed by atoms with Gasteiger partial charge in [0, 0.05) is 19.5 Å². The van der Waals surface area contributed by atoms with Crippen molar-refractivity contribution >= 4 is 5.84 Å². The second kappa shape index (κ2) is 6.89. The van der Waals surface area contributed by atoms with Crippen LogP contribution in [0.1, 0.15) is 32.6 Å². The Bertz CT molecular complexity index is 154. The van der Waals surface area contributed by atoms with Crippen LogP contribution in [0.5, 0.6) is 0 Å². The molecule has 0 aromatic rings. The maximum Gasteiger partial charge on any atom is 0.0977 e. The van der Waals surface area contributed by atoms with Crippen LogP contribution < -0.4 is 10.6 Å². The van der Waals surface area contributed by atoms with Crippen molar-refractivity contribution < 1.29 is 0 Å². The molecule has 0 spiro atoms. The first-order chi connectivity index (χ1) is 6.43. The zero-order valence-electron chi connectivity index (χ0n) is 8.60. The van der Waals surface area contributed by atoms with Crippen molar-refractivity contribution in [1.82, 2.24) is 10.6 Å². The number of nitrogens with zero attached hydrogens (tertiary/aromatic N) is 1. The summed E-state index contributed by atoms with van der Waals surface area (Å²) >= 11 is 0. The molecule has 13 heavy (non-hydrogen) atoms. The van der Waals surface area contributed by atoms with Crippen molar-refractivity contribution in [3.8, 4) is 0 Å². The molecule has 0 unspecified atom stereocenters. The van der Waals surface area contributed by atoms with Gasteiger partial charge in [0.2, 0.25) is 0 Å². The highest BCUT2D eigenvalue weighted by Gasteiger charge is 2.02. The van der Waals surface area contributed by atoms with Gasteiger partial charge >= 0.3 is 0 Å². The van der Waals surface area contributed by atoms with Crippen LogP contribution in [0.2, 0.25) is 0 Å². The van der Waals surface area contributed by atoms with Gasteiger partial charge < -0.3 is 10.6 Å². The Morgan fingerprint density at radius 2 is 2.31 bits per heavy atom. The van der Waals surface area contributed by atoms with E-state index in [1.807, 2.05) is 0 Å². The normalized spacial score (nSPS) is 15.6. The number of amidine groups is 1. The predicted molar refractivity (Wildman–Crippen MR) is 57.3 cm³/mol. The Morgan fingerprint density at radius 1 is 1.38 bits per heavy atom. The number of hydrogen-bond acceptors (Lipinski definition) is 3. The van der Waals surface area contributed by atoms with E-state index in [0.717, 1.165) is 32.6 Å². The lowest BCUT2D eigenvalue weighted by Crippen LogP contribution is -2.25. The van der Waals surface area contributed by atoms with Crippen molar-refractivity contribution in [2.45, 2.75) is 32.6 Å². The molecule has 3 nitrogen and oxygen atoms in total. The Hall–Kier alpha value is -0.570. The molecule has 0 aromatic heterocycles. The smallest absolute Gasteiger partial charge is 0.0977 e. The van der Waals surface area contributed by atoms with Crippen LogP contribution in [-0.2, 0) is 0 Å². The quantitative estimate of drug-likeness (QED) is 0.581. The van der Waals surface area contributed by atoms with E-state index in [1.165, 1.54) is 25.1 Å². The third kappa shape index (κ3) is 4.88. The molecule has 3 heteroatoms. The second-order valence-electron chi connectivity index (χ2n) is 3.46. The summed E-state index contributed by atoms with van der Waals surface area (Å²) in [6.45, 7) is 6.45. The SMILES string of the molecule is CCCCCNCCC1=NCCN1. The molecule has 0 amide bonds. The lowest BCUT2D eigenvalue weighted by Gasteiger charge is -2.04. The minimum Gasteiger partial charge on any atom is -0.372 e. The number of hydrogen-bond donors (Lipinski definition) is 2. The van der Waals surface area contributed by atoms with Crippen LogP contribution in [0.25, 0.3) is 0 Å². The van der Waals surface area contributed by atoms with E-state index >= 15 is 0 Å². The zero-order chi connectivity index (χ0) is 9.36. The molecule has 0 radical (unpaired) electrons. The van der Waals surface area contributed by atoms with E-state index in [-0.39, 0.29) is 0 Å². The first kappa shape index (κ1) is 10.5. The topological polar surface area (TPSA) is 36.4 Å². The predicted octanol–water partition coefficient (Wildman–Crippen LogP) is 1.16. The zero-order valence-corrected chi connectivity index (χ0v) is 8.60. The lowest BCUT2D eigenvalue weighted by molar-refractivity contribution is 0.623. The van der Waals surface area contributed by atoms with E-state index in [1.54, 1.807) is 0 Å². The molecule has 0 saturated carbocycles. The molecule has 0 bridgehead atoms. The molecular formula is C10H21N3. The van der Waals surface area contributed by atoms with Crippen molar-refractivity contribution in [1.29, 1.82) is 0 Å². The molecule has 0 fully saturated rings. The lowest BCUT2D eigenvalue weighted by atomic mass is 10.2. The Labute approximate surface area is 81.0 Å². The molecule has 76 valence electrons. The van der Waals surface area contributed by atoms with E-state index in [2.05, 4.69) is 22.5 Å². The minimum atomic E-state index is 0.963. The highest BCUT2D eigenvalue weighted by molar-refractivity contribution is 5.83. The summed E-state index contributed by atoms with van der Waals surface area (Å²) in [7, 11) is 0. The van der Waals surface area contributed by atoms with Gasteiger partial charge in [0.25, 0.3) is 0 Å². The van der Waals surface area contributed by atoms with Gasteiger partial charge in [0.05, 0.1) is 12.4 Å². The molecular weight excluding hydrogens is 162 g/mol. The Kier molecular flexibility index (Phi) is 5.57. The summed E-state index contributed by atoms with van der Waals surface area (Å²) in [6.07, 6.45) is 5.00. The highest BCUT2D eigenvalue weighted by atomic mass is 15.1. The summed E-state index contributed by atoms with van der Waals surface area (Å²) < 4.78 is 0. The van der Waals surface area contributed by atoms with Crippen molar-refractivity contribution in [2.24, 2.45) is 4.99 Å². The number of rotatable bonds is 7. The molecule has 0 aromatic carbocycles. The van der Waals surface area contributed by atoms with Gasteiger partial charge in [-0.1, -0.05) is 19.8 Å². The number of unbranched alkanes of at least 4 members (excludes halogenated alkanes) is 2. The van der Waals surface area contributed by atoms with Gasteiger partial charge in [0.1, 0.15) is 0 Å². The van der Waals surface area contributed by atoms with Gasteiger partial charge in [-0.3, -0.25) is 4.99 Å². The van der Waals surface area contributed by atoms with Crippen molar-refractivity contribution in [3.05, 3.63) is 0 Å². The molecule has 0 atom stereocenters. The molecule has 1 heterocycles. The Balaban J connectivity index is 1.83. The standard InChI is InChI=1S/C10H21N3/c1-2-3-4-6-11-7-5-10-12-8-9-13-10/h11H,2-9H2,1H3,(H,12,13). The van der Waals surface area contributed by atoms with Crippen molar-refractivity contribution in [2.75, 3.05) is 26.2 Å². The van der Waals surface area contributed by atoms with Crippen molar-refractivity contribution in [3.63, 3.8) is 0 Å². The molecule has 1 aliphatic rings. The summed E-state index contributed by atoms with van der Waals surface area (Å²) in [5, 5.41) is 6.69. The van der Waals surface area contributed by atoms with Crippen LogP contribution in [0.4, 0.5) is 0 Å². The maximum absolute atomic E-state index is 4.34. The molecule has 2 N–H and O–H groups in total. The summed E-state index contributed by atoms with van der Waals surface area (Å²) in [6, 6.07) is 0. The van der Waals surface area contributed by atoms with Crippen LogP contribution >= 0.6 is 0 Å². The molecule has 0 saturated heterocycles. The first-order valence-corrected chi connectivity index (χ1v) is 5.41.